The van der Waals surface area contributed by atoms with Crippen LogP contribution in [0.2, 0.25) is 0 Å². The first-order valence-corrected chi connectivity index (χ1v) is 10.7. The molecule has 0 spiro atoms. The molecule has 2 atom stereocenters. The second-order valence-electron chi connectivity index (χ2n) is 8.86. The third kappa shape index (κ3) is 9.57. The van der Waals surface area contributed by atoms with Gasteiger partial charge in [-0.15, -0.1) is 0 Å². The van der Waals surface area contributed by atoms with E-state index in [0.29, 0.717) is 5.56 Å². The molecule has 2 unspecified atom stereocenters. The van der Waals surface area contributed by atoms with Gasteiger partial charge < -0.3 is 14.6 Å². The Hall–Kier alpha value is -2.14. The quantitative estimate of drug-likeness (QED) is 0.424. The molecule has 1 N–H and O–H groups in total. The second-order valence-corrected chi connectivity index (χ2v) is 8.86. The zero-order valence-electron chi connectivity index (χ0n) is 20.0. The van der Waals surface area contributed by atoms with Gasteiger partial charge in [0.2, 0.25) is 0 Å². The maximum Gasteiger partial charge on any atom is 0.338 e. The molecule has 0 aromatic heterocycles. The number of hydrogen-bond donors (Lipinski definition) is 1. The molecule has 5 heteroatoms. The maximum absolute atomic E-state index is 12.2. The van der Waals surface area contributed by atoms with Crippen LogP contribution in [0.1, 0.15) is 84.2 Å². The molecule has 1 rings (SSSR count). The van der Waals surface area contributed by atoms with Gasteiger partial charge in [-0.3, -0.25) is 0 Å². The van der Waals surface area contributed by atoms with Gasteiger partial charge in [0.1, 0.15) is 19.3 Å². The molecule has 0 saturated carbocycles. The number of ether oxygens (including phenoxy) is 2. The Bertz CT molecular complexity index is 684. The molecule has 0 aliphatic heterocycles. The van der Waals surface area contributed by atoms with Crippen LogP contribution in [0.3, 0.4) is 0 Å². The van der Waals surface area contributed by atoms with Crippen molar-refractivity contribution in [2.24, 2.45) is 5.41 Å². The fraction of sp³-hybridized carbons (Fsp3) is 0.600. The van der Waals surface area contributed by atoms with Gasteiger partial charge in [0.15, 0.2) is 0 Å². The summed E-state index contributed by atoms with van der Waals surface area (Å²) in [5.41, 5.74) is 2.09. The minimum Gasteiger partial charge on any atom is -0.459 e. The fourth-order valence-corrected chi connectivity index (χ4v) is 3.21. The van der Waals surface area contributed by atoms with Crippen LogP contribution < -0.4 is 0 Å². The molecule has 5 nitrogen and oxygen atoms in total. The molecule has 0 radical (unpaired) electrons. The molecule has 0 aliphatic rings. The minimum absolute atomic E-state index is 0.0318. The van der Waals surface area contributed by atoms with E-state index < -0.39 is 18.0 Å². The molecule has 1 aromatic rings. The molecule has 170 valence electrons. The first-order valence-electron chi connectivity index (χ1n) is 10.7. The van der Waals surface area contributed by atoms with Crippen LogP contribution in [-0.2, 0) is 19.7 Å². The van der Waals surface area contributed by atoms with Gasteiger partial charge in [0, 0.05) is 5.57 Å². The summed E-state index contributed by atoms with van der Waals surface area (Å²) < 4.78 is 9.94. The average Bonchev–Trinajstić information content (AvgIpc) is 2.70. The Labute approximate surface area is 182 Å². The molecule has 0 aliphatic carbocycles. The third-order valence-electron chi connectivity index (χ3n) is 4.68. The SMILES string of the molecule is C=C(C)C(=O)OCC(O)COC(=O)c1ccc(C(C)(CC)CC(C)(C)C)cc1.CC. The first-order chi connectivity index (χ1) is 13.9. The maximum atomic E-state index is 12.2. The second kappa shape index (κ2) is 12.5. The Balaban J connectivity index is 0.00000407. The molecule has 0 heterocycles. The van der Waals surface area contributed by atoms with Crippen molar-refractivity contribution in [1.82, 2.24) is 0 Å². The van der Waals surface area contributed by atoms with Crippen molar-refractivity contribution >= 4 is 11.9 Å². The zero-order chi connectivity index (χ0) is 23.5. The van der Waals surface area contributed by atoms with Crippen LogP contribution in [-0.4, -0.2) is 36.4 Å². The van der Waals surface area contributed by atoms with Crippen molar-refractivity contribution in [3.05, 3.63) is 47.5 Å². The Morgan fingerprint density at radius 1 is 1.03 bits per heavy atom. The van der Waals surface area contributed by atoms with Crippen molar-refractivity contribution in [3.63, 3.8) is 0 Å². The van der Waals surface area contributed by atoms with E-state index >= 15 is 0 Å². The topological polar surface area (TPSA) is 72.8 Å². The highest BCUT2D eigenvalue weighted by Crippen LogP contribution is 2.39. The zero-order valence-corrected chi connectivity index (χ0v) is 20.0. The van der Waals surface area contributed by atoms with E-state index in [-0.39, 0.29) is 29.6 Å². The van der Waals surface area contributed by atoms with Crippen LogP contribution in [0.5, 0.6) is 0 Å². The summed E-state index contributed by atoms with van der Waals surface area (Å²) in [5.74, 6) is -1.11. The lowest BCUT2D eigenvalue weighted by Crippen LogP contribution is -2.27. The molecule has 1 aromatic carbocycles. The summed E-state index contributed by atoms with van der Waals surface area (Å²) in [5, 5.41) is 9.78. The van der Waals surface area contributed by atoms with Gasteiger partial charge >= 0.3 is 11.9 Å². The highest BCUT2D eigenvalue weighted by molar-refractivity contribution is 5.89. The van der Waals surface area contributed by atoms with E-state index in [2.05, 4.69) is 41.2 Å². The van der Waals surface area contributed by atoms with Crippen LogP contribution in [0.25, 0.3) is 0 Å². The number of carbonyl (C=O) groups excluding carboxylic acids is 2. The van der Waals surface area contributed by atoms with E-state index in [1.54, 1.807) is 12.1 Å². The first kappa shape index (κ1) is 27.9. The number of aliphatic hydroxyl groups excluding tert-OH is 1. The van der Waals surface area contributed by atoms with Crippen LogP contribution >= 0.6 is 0 Å². The number of esters is 2. The van der Waals surface area contributed by atoms with Crippen molar-refractivity contribution in [3.8, 4) is 0 Å². The summed E-state index contributed by atoms with van der Waals surface area (Å²) in [4.78, 5) is 23.5. The van der Waals surface area contributed by atoms with Crippen molar-refractivity contribution < 1.29 is 24.2 Å². The van der Waals surface area contributed by atoms with E-state index in [0.717, 1.165) is 12.8 Å². The monoisotopic (exact) mass is 420 g/mol. The molecule has 0 saturated heterocycles. The predicted molar refractivity (Wildman–Crippen MR) is 122 cm³/mol. The standard InChI is InChI=1S/C23H34O5.C2H6/c1-8-23(7,15-22(4,5)6)18-11-9-17(10-12-18)21(26)28-14-19(24)13-27-20(25)16(2)3;1-2/h9-12,19,24H,2,8,13-15H2,1,3-7H3;1-2H3. The third-order valence-corrected chi connectivity index (χ3v) is 4.68. The largest absolute Gasteiger partial charge is 0.459 e. The molecule has 30 heavy (non-hydrogen) atoms. The highest BCUT2D eigenvalue weighted by Gasteiger charge is 2.30. The Morgan fingerprint density at radius 2 is 1.53 bits per heavy atom. The molecular formula is C25H40O5. The number of carbonyl (C=O) groups is 2. The van der Waals surface area contributed by atoms with Gasteiger partial charge in [-0.1, -0.05) is 67.2 Å². The van der Waals surface area contributed by atoms with Crippen molar-refractivity contribution in [2.75, 3.05) is 13.2 Å². The van der Waals surface area contributed by atoms with Gasteiger partial charge in [-0.25, -0.2) is 9.59 Å². The highest BCUT2D eigenvalue weighted by atomic mass is 16.6. The van der Waals surface area contributed by atoms with E-state index in [4.69, 9.17) is 9.47 Å². The smallest absolute Gasteiger partial charge is 0.338 e. The lowest BCUT2D eigenvalue weighted by Gasteiger charge is -2.35. The molecule has 0 bridgehead atoms. The summed E-state index contributed by atoms with van der Waals surface area (Å²) in [6.07, 6.45) is 0.958. The predicted octanol–water partition coefficient (Wildman–Crippen LogP) is 5.45. The summed E-state index contributed by atoms with van der Waals surface area (Å²) >= 11 is 0. The Kier molecular flexibility index (Phi) is 11.6. The van der Waals surface area contributed by atoms with E-state index in [1.165, 1.54) is 12.5 Å². The molecule has 0 fully saturated rings. The van der Waals surface area contributed by atoms with Crippen LogP contribution in [0.4, 0.5) is 0 Å². The van der Waals surface area contributed by atoms with E-state index in [1.807, 2.05) is 26.0 Å². The van der Waals surface area contributed by atoms with Gasteiger partial charge in [0.05, 0.1) is 5.56 Å². The van der Waals surface area contributed by atoms with Gasteiger partial charge in [0.25, 0.3) is 0 Å². The molecule has 0 amide bonds. The van der Waals surface area contributed by atoms with E-state index in [9.17, 15) is 14.7 Å². The fourth-order valence-electron chi connectivity index (χ4n) is 3.21. The number of aliphatic hydroxyl groups is 1. The van der Waals surface area contributed by atoms with Gasteiger partial charge in [-0.2, -0.15) is 0 Å². The summed E-state index contributed by atoms with van der Waals surface area (Å²) in [6, 6.07) is 7.44. The Morgan fingerprint density at radius 3 is 1.97 bits per heavy atom. The number of rotatable bonds is 9. The number of benzene rings is 1. The lowest BCUT2D eigenvalue weighted by atomic mass is 9.69. The average molecular weight is 421 g/mol. The van der Waals surface area contributed by atoms with Crippen LogP contribution in [0.15, 0.2) is 36.4 Å². The summed E-state index contributed by atoms with van der Waals surface area (Å²) in [7, 11) is 0. The lowest BCUT2D eigenvalue weighted by molar-refractivity contribution is -0.142. The van der Waals surface area contributed by atoms with Crippen molar-refractivity contribution in [2.45, 2.75) is 79.8 Å². The number of hydrogen-bond acceptors (Lipinski definition) is 5. The van der Waals surface area contributed by atoms with Crippen molar-refractivity contribution in [1.29, 1.82) is 0 Å². The van der Waals surface area contributed by atoms with Gasteiger partial charge in [-0.05, 0) is 48.3 Å². The van der Waals surface area contributed by atoms with Crippen LogP contribution in [0, 0.1) is 5.41 Å². The molecular weight excluding hydrogens is 380 g/mol. The summed E-state index contributed by atoms with van der Waals surface area (Å²) in [6.45, 7) is 19.6. The minimum atomic E-state index is -1.08. The normalized spacial score (nSPS) is 13.9.